The molecule has 0 saturated heterocycles. The summed E-state index contributed by atoms with van der Waals surface area (Å²) in [6.07, 6.45) is 10.3. The minimum atomic E-state index is -3.61. The molecule has 3 rings (SSSR count). The smallest absolute Gasteiger partial charge is 0.363 e. The van der Waals surface area contributed by atoms with Crippen molar-refractivity contribution in [2.45, 2.75) is 82.3 Å². The molecule has 134 valence electrons. The van der Waals surface area contributed by atoms with Crippen LogP contribution in [0, 0.1) is 0 Å². The molecule has 1 N–H and O–H groups in total. The first-order valence-electron chi connectivity index (χ1n) is 9.37. The van der Waals surface area contributed by atoms with Gasteiger partial charge in [-0.3, -0.25) is 4.57 Å². The minimum Gasteiger partial charge on any atom is -0.376 e. The van der Waals surface area contributed by atoms with Crippen molar-refractivity contribution >= 4 is 7.60 Å². The van der Waals surface area contributed by atoms with E-state index >= 15 is 0 Å². The Bertz CT molecular complexity index is 512. The third-order valence-electron chi connectivity index (χ3n) is 5.09. The SMILES string of the molecule is O=P(OC1CCCCC1)(OC1CCCCC1)[C@@H](O)c1ccccc1. The Hall–Kier alpha value is -0.670. The fourth-order valence-electron chi connectivity index (χ4n) is 3.70. The molecule has 2 aliphatic rings. The Labute approximate surface area is 145 Å². The van der Waals surface area contributed by atoms with Crippen LogP contribution in [-0.2, 0) is 13.6 Å². The van der Waals surface area contributed by atoms with Gasteiger partial charge in [-0.05, 0) is 31.2 Å². The number of rotatable bonds is 6. The summed E-state index contributed by atoms with van der Waals surface area (Å²) in [5, 5.41) is 10.8. The zero-order chi connectivity index (χ0) is 16.8. The summed E-state index contributed by atoms with van der Waals surface area (Å²) in [6.45, 7) is 0. The van der Waals surface area contributed by atoms with Gasteiger partial charge >= 0.3 is 7.60 Å². The monoisotopic (exact) mass is 352 g/mol. The Balaban J connectivity index is 1.77. The van der Waals surface area contributed by atoms with Crippen molar-refractivity contribution in [2.75, 3.05) is 0 Å². The number of hydrogen-bond acceptors (Lipinski definition) is 4. The maximum atomic E-state index is 13.6. The van der Waals surface area contributed by atoms with E-state index < -0.39 is 13.4 Å². The lowest BCUT2D eigenvalue weighted by Gasteiger charge is -2.33. The maximum Gasteiger partial charge on any atom is 0.363 e. The van der Waals surface area contributed by atoms with Crippen LogP contribution in [-0.4, -0.2) is 17.3 Å². The van der Waals surface area contributed by atoms with E-state index in [1.165, 1.54) is 12.8 Å². The fourth-order valence-corrected chi connectivity index (χ4v) is 5.77. The lowest BCUT2D eigenvalue weighted by molar-refractivity contribution is 0.0545. The second-order valence-corrected chi connectivity index (χ2v) is 9.05. The van der Waals surface area contributed by atoms with Crippen LogP contribution in [0.25, 0.3) is 0 Å². The quantitative estimate of drug-likeness (QED) is 0.680. The maximum absolute atomic E-state index is 13.6. The van der Waals surface area contributed by atoms with Crippen LogP contribution in [0.1, 0.15) is 75.6 Å². The molecule has 0 amide bonds. The van der Waals surface area contributed by atoms with Crippen molar-refractivity contribution in [2.24, 2.45) is 0 Å². The lowest BCUT2D eigenvalue weighted by atomic mass is 9.98. The van der Waals surface area contributed by atoms with Crippen LogP contribution >= 0.6 is 7.60 Å². The van der Waals surface area contributed by atoms with Crippen molar-refractivity contribution in [3.05, 3.63) is 35.9 Å². The van der Waals surface area contributed by atoms with E-state index in [1.54, 1.807) is 12.1 Å². The molecule has 2 fully saturated rings. The first-order valence-corrected chi connectivity index (χ1v) is 11.0. The van der Waals surface area contributed by atoms with E-state index in [1.807, 2.05) is 18.2 Å². The van der Waals surface area contributed by atoms with E-state index in [4.69, 9.17) is 9.05 Å². The van der Waals surface area contributed by atoms with Crippen molar-refractivity contribution in [1.82, 2.24) is 0 Å². The largest absolute Gasteiger partial charge is 0.376 e. The predicted octanol–water partition coefficient (Wildman–Crippen LogP) is 5.57. The van der Waals surface area contributed by atoms with Gasteiger partial charge in [0.15, 0.2) is 5.85 Å². The summed E-state index contributed by atoms with van der Waals surface area (Å²) in [4.78, 5) is 0. The van der Waals surface area contributed by atoms with Gasteiger partial charge in [-0.25, -0.2) is 0 Å². The highest BCUT2D eigenvalue weighted by Crippen LogP contribution is 2.62. The molecular weight excluding hydrogens is 323 g/mol. The van der Waals surface area contributed by atoms with E-state index in [-0.39, 0.29) is 12.2 Å². The summed E-state index contributed by atoms with van der Waals surface area (Å²) in [5.41, 5.74) is 0.604. The van der Waals surface area contributed by atoms with Gasteiger partial charge in [-0.1, -0.05) is 68.9 Å². The third kappa shape index (κ3) is 4.70. The van der Waals surface area contributed by atoms with Crippen LogP contribution in [0.2, 0.25) is 0 Å². The minimum absolute atomic E-state index is 0.0634. The van der Waals surface area contributed by atoms with Crippen LogP contribution in [0.4, 0.5) is 0 Å². The molecule has 2 aliphatic carbocycles. The van der Waals surface area contributed by atoms with E-state index in [0.29, 0.717) is 5.56 Å². The van der Waals surface area contributed by atoms with E-state index in [9.17, 15) is 9.67 Å². The predicted molar refractivity (Wildman–Crippen MR) is 94.9 cm³/mol. The lowest BCUT2D eigenvalue weighted by Crippen LogP contribution is -2.22. The number of hydrogen-bond donors (Lipinski definition) is 1. The Morgan fingerprint density at radius 1 is 0.833 bits per heavy atom. The second kappa shape index (κ2) is 8.62. The Morgan fingerprint density at radius 3 is 1.75 bits per heavy atom. The van der Waals surface area contributed by atoms with Gasteiger partial charge in [0, 0.05) is 0 Å². The van der Waals surface area contributed by atoms with E-state index in [0.717, 1.165) is 51.4 Å². The van der Waals surface area contributed by atoms with Gasteiger partial charge < -0.3 is 14.2 Å². The summed E-state index contributed by atoms with van der Waals surface area (Å²) in [5.74, 6) is -1.21. The summed E-state index contributed by atoms with van der Waals surface area (Å²) < 4.78 is 25.5. The topological polar surface area (TPSA) is 55.8 Å². The molecule has 1 atom stereocenters. The van der Waals surface area contributed by atoms with Crippen molar-refractivity contribution < 1.29 is 18.7 Å². The normalized spacial score (nSPS) is 22.4. The number of aliphatic hydroxyl groups is 1. The highest BCUT2D eigenvalue weighted by molar-refractivity contribution is 7.54. The Morgan fingerprint density at radius 2 is 1.29 bits per heavy atom. The summed E-state index contributed by atoms with van der Waals surface area (Å²) in [6, 6.07) is 9.12. The highest BCUT2D eigenvalue weighted by Gasteiger charge is 2.41. The van der Waals surface area contributed by atoms with Gasteiger partial charge in [-0.15, -0.1) is 0 Å². The van der Waals surface area contributed by atoms with Crippen molar-refractivity contribution in [3.63, 3.8) is 0 Å². The summed E-state index contributed by atoms with van der Waals surface area (Å²) in [7, 11) is -3.61. The summed E-state index contributed by atoms with van der Waals surface area (Å²) >= 11 is 0. The van der Waals surface area contributed by atoms with Crippen LogP contribution < -0.4 is 0 Å². The van der Waals surface area contributed by atoms with Crippen molar-refractivity contribution in [1.29, 1.82) is 0 Å². The molecule has 0 aliphatic heterocycles. The molecule has 0 spiro atoms. The van der Waals surface area contributed by atoms with Crippen LogP contribution in [0.15, 0.2) is 30.3 Å². The molecule has 0 radical (unpaired) electrons. The molecule has 1 aromatic rings. The molecular formula is C19H29O4P. The Kier molecular flexibility index (Phi) is 6.51. The standard InChI is InChI=1S/C19H29O4P/c20-19(16-10-4-1-5-11-16)24(21,22-17-12-6-2-7-13-17)23-18-14-8-3-9-15-18/h1,4-5,10-11,17-20H,2-3,6-9,12-15H2/t19-/m1/s1. The highest BCUT2D eigenvalue weighted by atomic mass is 31.2. The number of aliphatic hydroxyl groups excluding tert-OH is 1. The third-order valence-corrected chi connectivity index (χ3v) is 7.17. The molecule has 24 heavy (non-hydrogen) atoms. The molecule has 0 unspecified atom stereocenters. The molecule has 5 heteroatoms. The molecule has 4 nitrogen and oxygen atoms in total. The van der Waals surface area contributed by atoms with Crippen LogP contribution in [0.5, 0.6) is 0 Å². The molecule has 1 aromatic carbocycles. The average molecular weight is 352 g/mol. The molecule has 2 saturated carbocycles. The second-order valence-electron chi connectivity index (χ2n) is 7.06. The molecule has 0 bridgehead atoms. The molecule has 0 heterocycles. The fraction of sp³-hybridized carbons (Fsp3) is 0.684. The van der Waals surface area contributed by atoms with Crippen molar-refractivity contribution in [3.8, 4) is 0 Å². The van der Waals surface area contributed by atoms with Gasteiger partial charge in [-0.2, -0.15) is 0 Å². The van der Waals surface area contributed by atoms with Gasteiger partial charge in [0.2, 0.25) is 0 Å². The average Bonchev–Trinajstić information content (AvgIpc) is 2.63. The van der Waals surface area contributed by atoms with Gasteiger partial charge in [0.25, 0.3) is 0 Å². The first-order chi connectivity index (χ1) is 11.7. The number of benzene rings is 1. The van der Waals surface area contributed by atoms with Gasteiger partial charge in [0.05, 0.1) is 12.2 Å². The first kappa shape index (κ1) is 18.1. The van der Waals surface area contributed by atoms with Gasteiger partial charge in [0.1, 0.15) is 0 Å². The zero-order valence-electron chi connectivity index (χ0n) is 14.3. The van der Waals surface area contributed by atoms with E-state index in [2.05, 4.69) is 0 Å². The van der Waals surface area contributed by atoms with Crippen LogP contribution in [0.3, 0.4) is 0 Å². The molecule has 0 aromatic heterocycles. The zero-order valence-corrected chi connectivity index (χ0v) is 15.2.